The molecule has 0 unspecified atom stereocenters. The number of nitrogens with zero attached hydrogens (tertiary/aromatic N) is 2. The van der Waals surface area contributed by atoms with E-state index in [1.807, 2.05) is 0 Å². The topological polar surface area (TPSA) is 42.0 Å². The Labute approximate surface area is 265 Å². The van der Waals surface area contributed by atoms with E-state index in [1.54, 1.807) is 0 Å². The molecule has 0 aromatic heterocycles. The number of hydrogen-bond donors (Lipinski definition) is 0. The van der Waals surface area contributed by atoms with Gasteiger partial charge in [0.1, 0.15) is 17.1 Å². The quantitative estimate of drug-likeness (QED) is 0.162. The highest BCUT2D eigenvalue weighted by atomic mass is 16.5. The molecule has 0 N–H and O–H groups in total. The molecule has 3 aliphatic heterocycles. The van der Waals surface area contributed by atoms with Gasteiger partial charge in [0.15, 0.2) is 0 Å². The number of fused-ring (bicyclic) bond motifs is 2. The van der Waals surface area contributed by atoms with Gasteiger partial charge in [-0.3, -0.25) is 9.69 Å². The summed E-state index contributed by atoms with van der Waals surface area (Å²) in [6.07, 6.45) is 17.2. The molecule has 5 heteroatoms. The first-order chi connectivity index (χ1) is 21.6. The molecule has 2 aromatic rings. The lowest BCUT2D eigenvalue weighted by molar-refractivity contribution is -0.134. The first-order valence-corrected chi connectivity index (χ1v) is 17.5. The van der Waals surface area contributed by atoms with Crippen molar-refractivity contribution in [1.29, 1.82) is 0 Å². The molecule has 3 heterocycles. The smallest absolute Gasteiger partial charge is 0.311 e. The highest BCUT2D eigenvalue weighted by molar-refractivity contribution is 5.85. The minimum atomic E-state index is -0.271. The lowest BCUT2D eigenvalue weighted by atomic mass is 9.75. The fraction of sp³-hybridized carbons (Fsp3) is 0.564. The van der Waals surface area contributed by atoms with E-state index in [2.05, 4.69) is 78.3 Å². The van der Waals surface area contributed by atoms with Crippen molar-refractivity contribution in [2.45, 2.75) is 96.5 Å². The van der Waals surface area contributed by atoms with E-state index in [9.17, 15) is 4.79 Å². The van der Waals surface area contributed by atoms with Gasteiger partial charge in [-0.25, -0.2) is 0 Å². The monoisotopic (exact) mass is 596 g/mol. The zero-order chi connectivity index (χ0) is 30.4. The van der Waals surface area contributed by atoms with E-state index >= 15 is 0 Å². The van der Waals surface area contributed by atoms with Crippen LogP contribution >= 0.6 is 0 Å². The molecule has 4 aliphatic rings. The molecule has 1 saturated heterocycles. The van der Waals surface area contributed by atoms with Crippen molar-refractivity contribution in [3.8, 4) is 11.5 Å². The predicted octanol–water partition coefficient (Wildman–Crippen LogP) is 8.32. The molecule has 1 saturated carbocycles. The van der Waals surface area contributed by atoms with E-state index in [1.165, 1.54) is 48.0 Å². The fourth-order valence-corrected chi connectivity index (χ4v) is 7.72. The molecule has 44 heavy (non-hydrogen) atoms. The second kappa shape index (κ2) is 14.5. The van der Waals surface area contributed by atoms with Gasteiger partial charge in [0, 0.05) is 26.1 Å². The summed E-state index contributed by atoms with van der Waals surface area (Å²) >= 11 is 0. The van der Waals surface area contributed by atoms with Crippen molar-refractivity contribution in [2.24, 2.45) is 5.92 Å². The minimum Gasteiger partial charge on any atom is -0.482 e. The van der Waals surface area contributed by atoms with Gasteiger partial charge in [0.25, 0.3) is 0 Å². The first kappa shape index (κ1) is 31.1. The zero-order valence-electron chi connectivity index (χ0n) is 27.1. The Morgan fingerprint density at radius 1 is 1.02 bits per heavy atom. The van der Waals surface area contributed by atoms with Crippen LogP contribution in [0, 0.1) is 5.92 Å². The van der Waals surface area contributed by atoms with Crippen LogP contribution in [0.5, 0.6) is 11.5 Å². The zero-order valence-corrected chi connectivity index (χ0v) is 27.1. The van der Waals surface area contributed by atoms with Crippen LogP contribution in [0.4, 0.5) is 0 Å². The van der Waals surface area contributed by atoms with Crippen LogP contribution < -0.4 is 9.47 Å². The molecule has 2 fully saturated rings. The molecule has 2 aromatic carbocycles. The van der Waals surface area contributed by atoms with Gasteiger partial charge in [-0.15, -0.1) is 0 Å². The number of esters is 1. The van der Waals surface area contributed by atoms with E-state index in [4.69, 9.17) is 9.47 Å². The average Bonchev–Trinajstić information content (AvgIpc) is 3.67. The summed E-state index contributed by atoms with van der Waals surface area (Å²) in [5, 5.41) is 0. The molecular formula is C39H52N2O3. The van der Waals surface area contributed by atoms with E-state index in [0.717, 1.165) is 107 Å². The number of likely N-dealkylation sites (tertiary alicyclic amines) is 1. The lowest BCUT2D eigenvalue weighted by Crippen LogP contribution is -2.46. The van der Waals surface area contributed by atoms with Crippen molar-refractivity contribution in [3.63, 3.8) is 0 Å². The number of benzene rings is 2. The van der Waals surface area contributed by atoms with Crippen LogP contribution in [0.3, 0.4) is 0 Å². The largest absolute Gasteiger partial charge is 0.482 e. The number of ether oxygens (including phenoxy) is 2. The number of carbonyl (C=O) groups is 1. The third-order valence-corrected chi connectivity index (χ3v) is 9.99. The van der Waals surface area contributed by atoms with E-state index in [-0.39, 0.29) is 11.6 Å². The number of carbonyl (C=O) groups excluding carboxylic acids is 1. The summed E-state index contributed by atoms with van der Waals surface area (Å²) < 4.78 is 13.5. The SMILES string of the molecule is CCCC1(CCC)Oc2cc(CC3CC3)cc(OC(=O)CCCN3CCCC3)c2C2=C1CCN(CC=Cc1ccccc1)C2. The molecular weight excluding hydrogens is 544 g/mol. The first-order valence-electron chi connectivity index (χ1n) is 17.5. The van der Waals surface area contributed by atoms with Gasteiger partial charge >= 0.3 is 5.97 Å². The van der Waals surface area contributed by atoms with Crippen molar-refractivity contribution in [2.75, 3.05) is 39.3 Å². The van der Waals surface area contributed by atoms with Gasteiger partial charge in [0.2, 0.25) is 0 Å². The maximum atomic E-state index is 13.3. The fourth-order valence-electron chi connectivity index (χ4n) is 7.72. The second-order valence-electron chi connectivity index (χ2n) is 13.6. The summed E-state index contributed by atoms with van der Waals surface area (Å²) in [7, 11) is 0. The van der Waals surface area contributed by atoms with Crippen LogP contribution in [0.1, 0.15) is 101 Å². The lowest BCUT2D eigenvalue weighted by Gasteiger charge is -2.46. The van der Waals surface area contributed by atoms with Gasteiger partial charge in [-0.2, -0.15) is 0 Å². The van der Waals surface area contributed by atoms with Gasteiger partial charge in [-0.05, 0) is 118 Å². The van der Waals surface area contributed by atoms with Crippen LogP contribution in [0.25, 0.3) is 11.6 Å². The molecule has 5 nitrogen and oxygen atoms in total. The van der Waals surface area contributed by atoms with Crippen molar-refractivity contribution in [3.05, 3.63) is 70.8 Å². The molecule has 6 rings (SSSR count). The molecule has 236 valence electrons. The van der Waals surface area contributed by atoms with Gasteiger partial charge < -0.3 is 14.4 Å². The van der Waals surface area contributed by atoms with Crippen molar-refractivity contribution < 1.29 is 14.3 Å². The minimum absolute atomic E-state index is 0.116. The standard InChI is InChI=1S/C39H52N2O3/c1-3-19-39(20-4-2)34-18-25-41(24-10-14-30-12-6-5-7-13-30)29-33(34)38-35(27-32(26-31-16-17-31)28-36(38)44-39)43-37(42)15-11-23-40-21-8-9-22-40/h5-7,10,12-14,27-28,31H,3-4,8-9,11,15-26,29H2,1-2H3. The van der Waals surface area contributed by atoms with Crippen LogP contribution in [0.2, 0.25) is 0 Å². The third kappa shape index (κ3) is 7.49. The Kier molecular flexibility index (Phi) is 10.2. The van der Waals surface area contributed by atoms with Gasteiger partial charge in [0.05, 0.1) is 5.56 Å². The Balaban J connectivity index is 1.30. The van der Waals surface area contributed by atoms with Crippen LogP contribution in [-0.2, 0) is 11.2 Å². The second-order valence-corrected chi connectivity index (χ2v) is 13.6. The normalized spacial score (nSPS) is 20.0. The summed E-state index contributed by atoms with van der Waals surface area (Å²) in [6.45, 7) is 10.6. The Bertz CT molecular complexity index is 1330. The molecule has 0 radical (unpaired) electrons. The summed E-state index contributed by atoms with van der Waals surface area (Å²) in [6, 6.07) is 15.0. The highest BCUT2D eigenvalue weighted by Gasteiger charge is 2.44. The number of rotatable bonds is 14. The van der Waals surface area contributed by atoms with Gasteiger partial charge in [-0.1, -0.05) is 69.2 Å². The highest BCUT2D eigenvalue weighted by Crippen LogP contribution is 2.52. The van der Waals surface area contributed by atoms with Crippen molar-refractivity contribution >= 4 is 17.6 Å². The number of hydrogen-bond acceptors (Lipinski definition) is 5. The van der Waals surface area contributed by atoms with Crippen LogP contribution in [0.15, 0.2) is 54.1 Å². The summed E-state index contributed by atoms with van der Waals surface area (Å²) in [5.74, 6) is 2.29. The third-order valence-electron chi connectivity index (χ3n) is 9.99. The molecule has 0 atom stereocenters. The Hall–Kier alpha value is -2.89. The van der Waals surface area contributed by atoms with Crippen LogP contribution in [-0.4, -0.2) is 60.6 Å². The molecule has 0 amide bonds. The maximum absolute atomic E-state index is 13.3. The van der Waals surface area contributed by atoms with E-state index in [0.29, 0.717) is 6.42 Å². The maximum Gasteiger partial charge on any atom is 0.311 e. The Morgan fingerprint density at radius 2 is 1.80 bits per heavy atom. The molecule has 0 spiro atoms. The Morgan fingerprint density at radius 3 is 2.52 bits per heavy atom. The average molecular weight is 597 g/mol. The summed E-state index contributed by atoms with van der Waals surface area (Å²) in [5.41, 5.74) is 6.02. The molecule has 0 bridgehead atoms. The van der Waals surface area contributed by atoms with Crippen molar-refractivity contribution in [1.82, 2.24) is 9.80 Å². The predicted molar refractivity (Wildman–Crippen MR) is 180 cm³/mol. The molecule has 1 aliphatic carbocycles. The summed E-state index contributed by atoms with van der Waals surface area (Å²) in [4.78, 5) is 18.3. The van der Waals surface area contributed by atoms with E-state index < -0.39 is 0 Å².